The number of rotatable bonds is 1. The fraction of sp³-hybridized carbons (Fsp3) is 0.250. The lowest BCUT2D eigenvalue weighted by Crippen LogP contribution is -1.94. The van der Waals surface area contributed by atoms with E-state index in [9.17, 15) is 0 Å². The third-order valence-electron chi connectivity index (χ3n) is 2.67. The summed E-state index contributed by atoms with van der Waals surface area (Å²) in [5, 5.41) is 4.33. The van der Waals surface area contributed by atoms with Gasteiger partial charge in [-0.1, -0.05) is 0 Å². The summed E-state index contributed by atoms with van der Waals surface area (Å²) in [6, 6.07) is 7.99. The number of aryl methyl sites for hydroxylation is 2. The monoisotopic (exact) mass is 216 g/mol. The fourth-order valence-electron chi connectivity index (χ4n) is 1.94. The fourth-order valence-corrected chi connectivity index (χ4v) is 1.94. The van der Waals surface area contributed by atoms with Gasteiger partial charge in [-0.25, -0.2) is 0 Å². The minimum absolute atomic E-state index is 0.309. The Labute approximate surface area is 93.4 Å². The van der Waals surface area contributed by atoms with Gasteiger partial charge in [-0.3, -0.25) is 4.68 Å². The Morgan fingerprint density at radius 3 is 2.75 bits per heavy atom. The lowest BCUT2D eigenvalue weighted by atomic mass is 10.1. The molecule has 1 aliphatic heterocycles. The van der Waals surface area contributed by atoms with Crippen molar-refractivity contribution in [2.24, 2.45) is 7.05 Å². The lowest BCUT2D eigenvalue weighted by Gasteiger charge is -2.03. The molecule has 0 spiro atoms. The molecule has 1 aromatic heterocycles. The van der Waals surface area contributed by atoms with Crippen molar-refractivity contribution < 1.29 is 9.47 Å². The van der Waals surface area contributed by atoms with Gasteiger partial charge < -0.3 is 9.47 Å². The molecule has 2 heterocycles. The van der Waals surface area contributed by atoms with Gasteiger partial charge in [0.15, 0.2) is 11.5 Å². The molecule has 0 atom stereocenters. The maximum atomic E-state index is 5.36. The predicted molar refractivity (Wildman–Crippen MR) is 59.5 cm³/mol. The summed E-state index contributed by atoms with van der Waals surface area (Å²) in [4.78, 5) is 0. The molecule has 0 aliphatic carbocycles. The molecule has 0 unspecified atom stereocenters. The van der Waals surface area contributed by atoms with Gasteiger partial charge in [0.25, 0.3) is 0 Å². The Kier molecular flexibility index (Phi) is 1.89. The number of ether oxygens (including phenoxy) is 2. The summed E-state index contributed by atoms with van der Waals surface area (Å²) in [6.45, 7) is 2.29. The Bertz CT molecular complexity index is 546. The van der Waals surface area contributed by atoms with Crippen molar-refractivity contribution in [3.8, 4) is 22.8 Å². The SMILES string of the molecule is Cc1cc(-c2ccc3c(c2)OCO3)n(C)n1. The smallest absolute Gasteiger partial charge is 0.231 e. The molecular formula is C12H12N2O2. The molecule has 4 heteroatoms. The Morgan fingerprint density at radius 1 is 1.19 bits per heavy atom. The van der Waals surface area contributed by atoms with E-state index < -0.39 is 0 Å². The van der Waals surface area contributed by atoms with E-state index in [-0.39, 0.29) is 0 Å². The molecule has 1 aliphatic rings. The molecular weight excluding hydrogens is 204 g/mol. The second kappa shape index (κ2) is 3.27. The van der Waals surface area contributed by atoms with Crippen molar-refractivity contribution >= 4 is 0 Å². The van der Waals surface area contributed by atoms with E-state index >= 15 is 0 Å². The third-order valence-corrected chi connectivity index (χ3v) is 2.67. The number of fused-ring (bicyclic) bond motifs is 1. The van der Waals surface area contributed by atoms with Crippen molar-refractivity contribution in [2.75, 3.05) is 6.79 Å². The maximum Gasteiger partial charge on any atom is 0.231 e. The molecule has 0 amide bonds. The van der Waals surface area contributed by atoms with Gasteiger partial charge in [-0.15, -0.1) is 0 Å². The van der Waals surface area contributed by atoms with Crippen molar-refractivity contribution in [3.05, 3.63) is 30.0 Å². The third kappa shape index (κ3) is 1.34. The summed E-state index contributed by atoms with van der Waals surface area (Å²) in [5.41, 5.74) is 3.18. The van der Waals surface area contributed by atoms with Crippen LogP contribution in [0.3, 0.4) is 0 Å². The zero-order valence-corrected chi connectivity index (χ0v) is 9.23. The molecule has 0 saturated carbocycles. The van der Waals surface area contributed by atoms with Gasteiger partial charge in [0.2, 0.25) is 6.79 Å². The topological polar surface area (TPSA) is 36.3 Å². The standard InChI is InChI=1S/C12H12N2O2/c1-8-5-10(14(2)13-8)9-3-4-11-12(6-9)16-7-15-11/h3-6H,7H2,1-2H3. The highest BCUT2D eigenvalue weighted by Crippen LogP contribution is 2.35. The first-order chi connectivity index (χ1) is 7.74. The van der Waals surface area contributed by atoms with Crippen LogP contribution in [0, 0.1) is 6.92 Å². The summed E-state index contributed by atoms with van der Waals surface area (Å²) < 4.78 is 12.5. The van der Waals surface area contributed by atoms with Gasteiger partial charge >= 0.3 is 0 Å². The van der Waals surface area contributed by atoms with E-state index in [4.69, 9.17) is 9.47 Å². The minimum Gasteiger partial charge on any atom is -0.454 e. The van der Waals surface area contributed by atoms with E-state index in [0.717, 1.165) is 28.5 Å². The van der Waals surface area contributed by atoms with Crippen molar-refractivity contribution in [1.82, 2.24) is 9.78 Å². The molecule has 0 bridgehead atoms. The Balaban J connectivity index is 2.10. The quantitative estimate of drug-likeness (QED) is 0.732. The number of hydrogen-bond acceptors (Lipinski definition) is 3. The van der Waals surface area contributed by atoms with E-state index in [1.54, 1.807) is 0 Å². The highest BCUT2D eigenvalue weighted by Gasteiger charge is 2.15. The second-order valence-electron chi connectivity index (χ2n) is 3.86. The zero-order chi connectivity index (χ0) is 11.1. The van der Waals surface area contributed by atoms with Gasteiger partial charge in [0, 0.05) is 12.6 Å². The van der Waals surface area contributed by atoms with Crippen LogP contribution in [0.2, 0.25) is 0 Å². The van der Waals surface area contributed by atoms with Crippen LogP contribution in [0.15, 0.2) is 24.3 Å². The molecule has 16 heavy (non-hydrogen) atoms. The van der Waals surface area contributed by atoms with E-state index in [0.29, 0.717) is 6.79 Å². The molecule has 3 rings (SSSR count). The highest BCUT2D eigenvalue weighted by molar-refractivity contribution is 5.65. The van der Waals surface area contributed by atoms with Crippen LogP contribution in [-0.2, 0) is 7.05 Å². The van der Waals surface area contributed by atoms with Crippen molar-refractivity contribution in [3.63, 3.8) is 0 Å². The molecule has 0 fully saturated rings. The molecule has 1 aromatic carbocycles. The van der Waals surface area contributed by atoms with E-state index in [2.05, 4.69) is 11.2 Å². The first-order valence-electron chi connectivity index (χ1n) is 5.15. The number of aromatic nitrogens is 2. The van der Waals surface area contributed by atoms with E-state index in [1.807, 2.05) is 36.9 Å². The van der Waals surface area contributed by atoms with Gasteiger partial charge in [0.05, 0.1) is 11.4 Å². The summed E-state index contributed by atoms with van der Waals surface area (Å²) in [5.74, 6) is 1.61. The first kappa shape index (κ1) is 9.27. The predicted octanol–water partition coefficient (Wildman–Crippen LogP) is 2.12. The van der Waals surface area contributed by atoms with Crippen LogP contribution in [0.5, 0.6) is 11.5 Å². The molecule has 0 N–H and O–H groups in total. The summed E-state index contributed by atoms with van der Waals surface area (Å²) in [6.07, 6.45) is 0. The summed E-state index contributed by atoms with van der Waals surface area (Å²) in [7, 11) is 1.94. The second-order valence-corrected chi connectivity index (χ2v) is 3.86. The minimum atomic E-state index is 0.309. The van der Waals surface area contributed by atoms with Crippen LogP contribution in [0.4, 0.5) is 0 Å². The summed E-state index contributed by atoms with van der Waals surface area (Å²) >= 11 is 0. The average molecular weight is 216 g/mol. The van der Waals surface area contributed by atoms with Crippen molar-refractivity contribution in [1.29, 1.82) is 0 Å². The van der Waals surface area contributed by atoms with Crippen LogP contribution in [0.1, 0.15) is 5.69 Å². The Hall–Kier alpha value is -1.97. The first-order valence-corrected chi connectivity index (χ1v) is 5.15. The largest absolute Gasteiger partial charge is 0.454 e. The van der Waals surface area contributed by atoms with Gasteiger partial charge in [-0.2, -0.15) is 5.10 Å². The van der Waals surface area contributed by atoms with Crippen molar-refractivity contribution in [2.45, 2.75) is 6.92 Å². The number of benzene rings is 1. The van der Waals surface area contributed by atoms with Gasteiger partial charge in [-0.05, 0) is 31.2 Å². The van der Waals surface area contributed by atoms with E-state index in [1.165, 1.54) is 0 Å². The van der Waals surface area contributed by atoms with Crippen LogP contribution in [-0.4, -0.2) is 16.6 Å². The zero-order valence-electron chi connectivity index (χ0n) is 9.23. The lowest BCUT2D eigenvalue weighted by molar-refractivity contribution is 0.174. The molecule has 82 valence electrons. The molecule has 0 saturated heterocycles. The molecule has 2 aromatic rings. The number of hydrogen-bond donors (Lipinski definition) is 0. The average Bonchev–Trinajstić information content (AvgIpc) is 2.83. The van der Waals surface area contributed by atoms with Crippen LogP contribution < -0.4 is 9.47 Å². The van der Waals surface area contributed by atoms with Gasteiger partial charge in [0.1, 0.15) is 0 Å². The maximum absolute atomic E-state index is 5.36. The Morgan fingerprint density at radius 2 is 2.00 bits per heavy atom. The normalized spacial score (nSPS) is 13.1. The molecule has 4 nitrogen and oxygen atoms in total. The van der Waals surface area contributed by atoms with Crippen LogP contribution in [0.25, 0.3) is 11.3 Å². The number of nitrogens with zero attached hydrogens (tertiary/aromatic N) is 2. The highest BCUT2D eigenvalue weighted by atomic mass is 16.7. The molecule has 0 radical (unpaired) electrons. The van der Waals surface area contributed by atoms with Crippen LogP contribution >= 0.6 is 0 Å².